The summed E-state index contributed by atoms with van der Waals surface area (Å²) < 4.78 is 60.7. The van der Waals surface area contributed by atoms with Crippen LogP contribution in [0.25, 0.3) is 0 Å². The Balaban J connectivity index is 1.76. The van der Waals surface area contributed by atoms with Gasteiger partial charge >= 0.3 is 21.3 Å². The lowest BCUT2D eigenvalue weighted by Crippen LogP contribution is -2.55. The fraction of sp³-hybridized carbons (Fsp3) is 0.833. The molecule has 0 saturated heterocycles. The van der Waals surface area contributed by atoms with Crippen LogP contribution in [0, 0.1) is 23.7 Å². The lowest BCUT2D eigenvalue weighted by Gasteiger charge is -2.52. The summed E-state index contributed by atoms with van der Waals surface area (Å²) in [5, 5.41) is -4.96. The highest BCUT2D eigenvalue weighted by atomic mass is 32.2. The number of carbonyl (C=O) groups excluding carboxylic acids is 2. The van der Waals surface area contributed by atoms with E-state index in [0.717, 1.165) is 0 Å². The van der Waals surface area contributed by atoms with Crippen LogP contribution in [0.3, 0.4) is 0 Å². The summed E-state index contributed by atoms with van der Waals surface area (Å²) in [5.41, 5.74) is 0. The molecule has 4 saturated carbocycles. The lowest BCUT2D eigenvalue weighted by molar-refractivity contribution is -0.187. The third kappa shape index (κ3) is 2.17. The maximum Gasteiger partial charge on any atom is 0.465 e. The number of halogens is 2. The van der Waals surface area contributed by atoms with Crippen molar-refractivity contribution in [3.05, 3.63) is 0 Å². The van der Waals surface area contributed by atoms with Gasteiger partial charge in [0.1, 0.15) is 11.9 Å². The minimum Gasteiger partial charge on any atom is -0.456 e. The van der Waals surface area contributed by atoms with Gasteiger partial charge in [-0.3, -0.25) is 9.35 Å². The molecular formula is C12H14F2O6S. The van der Waals surface area contributed by atoms with Crippen molar-refractivity contribution in [2.45, 2.75) is 37.0 Å². The third-order valence-electron chi connectivity index (χ3n) is 4.89. The molecule has 4 rings (SSSR count). The lowest BCUT2D eigenvalue weighted by atomic mass is 9.54. The fourth-order valence-corrected chi connectivity index (χ4v) is 4.31. The Bertz CT molecular complexity index is 567. The van der Waals surface area contributed by atoms with Gasteiger partial charge in [-0.05, 0) is 37.5 Å². The standard InChI is InChI=1S/C12H14F2O6S/c13-12(14,21(17,18)19)11(16)20-10-7-1-5-2-8(10)4-6(3-7)9(5)15/h5-8,10H,1-4H2,(H,17,18,19). The molecule has 4 fully saturated rings. The second-order valence-electron chi connectivity index (χ2n) is 6.12. The van der Waals surface area contributed by atoms with E-state index in [1.165, 1.54) is 0 Å². The van der Waals surface area contributed by atoms with Crippen molar-refractivity contribution >= 4 is 21.9 Å². The molecular weight excluding hydrogens is 310 g/mol. The fourth-order valence-electron chi connectivity index (χ4n) is 4.06. The monoisotopic (exact) mass is 324 g/mol. The molecule has 118 valence electrons. The minimum absolute atomic E-state index is 0.0930. The third-order valence-corrected chi connectivity index (χ3v) is 5.70. The molecule has 0 spiro atoms. The molecule has 6 nitrogen and oxygen atoms in total. The summed E-state index contributed by atoms with van der Waals surface area (Å²) in [6.07, 6.45) is 1.15. The van der Waals surface area contributed by atoms with Gasteiger partial charge in [0.25, 0.3) is 0 Å². The van der Waals surface area contributed by atoms with Crippen molar-refractivity contribution in [3.63, 3.8) is 0 Å². The van der Waals surface area contributed by atoms with Crippen LogP contribution in [0.4, 0.5) is 8.78 Å². The average Bonchev–Trinajstić information content (AvgIpc) is 2.34. The molecule has 4 aliphatic rings. The molecule has 0 aromatic rings. The topological polar surface area (TPSA) is 97.7 Å². The molecule has 0 atom stereocenters. The Morgan fingerprint density at radius 3 is 1.95 bits per heavy atom. The number of alkyl halides is 2. The first-order valence-corrected chi connectivity index (χ1v) is 8.15. The van der Waals surface area contributed by atoms with Crippen LogP contribution in [0.5, 0.6) is 0 Å². The van der Waals surface area contributed by atoms with Gasteiger partial charge in [0.2, 0.25) is 0 Å². The van der Waals surface area contributed by atoms with E-state index >= 15 is 0 Å². The van der Waals surface area contributed by atoms with Crippen molar-refractivity contribution in [1.29, 1.82) is 0 Å². The second kappa shape index (κ2) is 4.45. The first-order chi connectivity index (χ1) is 9.61. The first kappa shape index (κ1) is 14.8. The van der Waals surface area contributed by atoms with E-state index < -0.39 is 27.4 Å². The molecule has 4 bridgehead atoms. The molecule has 0 radical (unpaired) electrons. The number of ether oxygens (including phenoxy) is 1. The van der Waals surface area contributed by atoms with Crippen LogP contribution in [-0.2, 0) is 24.4 Å². The van der Waals surface area contributed by atoms with Crippen LogP contribution >= 0.6 is 0 Å². The van der Waals surface area contributed by atoms with E-state index in [0.29, 0.717) is 25.7 Å². The van der Waals surface area contributed by atoms with Crippen molar-refractivity contribution in [2.75, 3.05) is 0 Å². The first-order valence-electron chi connectivity index (χ1n) is 6.71. The summed E-state index contributed by atoms with van der Waals surface area (Å²) in [5.74, 6) is -2.60. The maximum absolute atomic E-state index is 13.2. The molecule has 0 unspecified atom stereocenters. The predicted octanol–water partition coefficient (Wildman–Crippen LogP) is 1.01. The molecule has 0 heterocycles. The van der Waals surface area contributed by atoms with Gasteiger partial charge < -0.3 is 4.74 Å². The Morgan fingerprint density at radius 1 is 1.14 bits per heavy atom. The number of carbonyl (C=O) groups is 2. The second-order valence-corrected chi connectivity index (χ2v) is 7.58. The molecule has 0 amide bonds. The number of esters is 1. The van der Waals surface area contributed by atoms with Crippen LogP contribution in [0.15, 0.2) is 0 Å². The van der Waals surface area contributed by atoms with Crippen molar-refractivity contribution < 1.29 is 36.1 Å². The predicted molar refractivity (Wildman–Crippen MR) is 63.8 cm³/mol. The Kier molecular flexibility index (Phi) is 3.14. The molecule has 9 heteroatoms. The minimum atomic E-state index is -5.85. The van der Waals surface area contributed by atoms with E-state index in [9.17, 15) is 26.8 Å². The van der Waals surface area contributed by atoms with Crippen molar-refractivity contribution in [1.82, 2.24) is 0 Å². The summed E-state index contributed by atoms with van der Waals surface area (Å²) in [6, 6.07) is 0. The van der Waals surface area contributed by atoms with Crippen LogP contribution in [-0.4, -0.2) is 36.1 Å². The zero-order valence-corrected chi connectivity index (χ0v) is 11.7. The molecule has 4 aliphatic carbocycles. The zero-order valence-electron chi connectivity index (χ0n) is 10.9. The molecule has 0 aromatic heterocycles. The van der Waals surface area contributed by atoms with E-state index in [4.69, 9.17) is 9.29 Å². The van der Waals surface area contributed by atoms with E-state index in [1.54, 1.807) is 0 Å². The van der Waals surface area contributed by atoms with E-state index in [-0.39, 0.29) is 29.5 Å². The van der Waals surface area contributed by atoms with Gasteiger partial charge in [-0.15, -0.1) is 0 Å². The van der Waals surface area contributed by atoms with Gasteiger partial charge in [-0.25, -0.2) is 4.79 Å². The Labute approximate surface area is 119 Å². The number of Topliss-reactive ketones (excluding diaryl/α,β-unsaturated/α-hetero) is 1. The highest BCUT2D eigenvalue weighted by Crippen LogP contribution is 2.53. The van der Waals surface area contributed by atoms with Crippen LogP contribution < -0.4 is 0 Å². The Morgan fingerprint density at radius 2 is 1.57 bits per heavy atom. The summed E-state index contributed by atoms with van der Waals surface area (Å²) >= 11 is 0. The van der Waals surface area contributed by atoms with Gasteiger partial charge in [0, 0.05) is 11.8 Å². The summed E-state index contributed by atoms with van der Waals surface area (Å²) in [4.78, 5) is 23.2. The van der Waals surface area contributed by atoms with Crippen LogP contribution in [0.1, 0.15) is 25.7 Å². The number of hydrogen-bond donors (Lipinski definition) is 1. The SMILES string of the molecule is O=C1C2CC3CC1CC(C2)C3OC(=O)C(F)(F)S(=O)(=O)O. The number of rotatable bonds is 3. The van der Waals surface area contributed by atoms with Crippen molar-refractivity contribution in [3.8, 4) is 0 Å². The number of hydrogen-bond acceptors (Lipinski definition) is 5. The quantitative estimate of drug-likeness (QED) is 0.615. The molecule has 21 heavy (non-hydrogen) atoms. The number of ketones is 1. The van der Waals surface area contributed by atoms with Gasteiger partial charge in [-0.1, -0.05) is 0 Å². The molecule has 1 N–H and O–H groups in total. The maximum atomic E-state index is 13.2. The zero-order chi connectivity index (χ0) is 15.6. The molecule has 0 aromatic carbocycles. The smallest absolute Gasteiger partial charge is 0.456 e. The highest BCUT2D eigenvalue weighted by Gasteiger charge is 2.58. The Hall–Kier alpha value is -1.09. The van der Waals surface area contributed by atoms with Gasteiger partial charge in [0.15, 0.2) is 0 Å². The van der Waals surface area contributed by atoms with Crippen molar-refractivity contribution in [2.24, 2.45) is 23.7 Å². The van der Waals surface area contributed by atoms with E-state index in [1.807, 2.05) is 0 Å². The van der Waals surface area contributed by atoms with E-state index in [2.05, 4.69) is 0 Å². The van der Waals surface area contributed by atoms with Gasteiger partial charge in [-0.2, -0.15) is 17.2 Å². The van der Waals surface area contributed by atoms with Crippen LogP contribution in [0.2, 0.25) is 0 Å². The largest absolute Gasteiger partial charge is 0.465 e. The normalized spacial score (nSPS) is 38.6. The summed E-state index contributed by atoms with van der Waals surface area (Å²) in [6.45, 7) is 0. The molecule has 0 aliphatic heterocycles. The van der Waals surface area contributed by atoms with Gasteiger partial charge in [0.05, 0.1) is 0 Å². The summed E-state index contributed by atoms with van der Waals surface area (Å²) in [7, 11) is -5.85. The average molecular weight is 324 g/mol. The highest BCUT2D eigenvalue weighted by molar-refractivity contribution is 7.87.